The molecule has 3 nitrogen and oxygen atoms in total. The van der Waals surface area contributed by atoms with Crippen LogP contribution in [0, 0.1) is 0 Å². The van der Waals surface area contributed by atoms with Gasteiger partial charge in [0.2, 0.25) is 0 Å². The Balaban J connectivity index is 2.25. The maximum Gasteiger partial charge on any atom is 0.411 e. The summed E-state index contributed by atoms with van der Waals surface area (Å²) in [5, 5.41) is 0.708. The number of hydrogen-bond donors (Lipinski definition) is 0. The molecule has 0 N–H and O–H groups in total. The number of halogens is 1. The molecule has 0 aromatic heterocycles. The van der Waals surface area contributed by atoms with Crippen molar-refractivity contribution in [3.05, 3.63) is 34.9 Å². The third-order valence-corrected chi connectivity index (χ3v) is 3.97. The van der Waals surface area contributed by atoms with E-state index in [9.17, 15) is 4.79 Å². The van der Waals surface area contributed by atoms with Gasteiger partial charge in [0.05, 0.1) is 5.54 Å². The fourth-order valence-corrected chi connectivity index (χ4v) is 2.81. The Hall–Kier alpha value is -1.22. The van der Waals surface area contributed by atoms with Crippen molar-refractivity contribution < 1.29 is 9.53 Å². The van der Waals surface area contributed by atoms with E-state index < -0.39 is 5.60 Å². The summed E-state index contributed by atoms with van der Waals surface area (Å²) in [6, 6.07) is 7.72. The first-order valence-electron chi connectivity index (χ1n) is 6.99. The average Bonchev–Trinajstić information content (AvgIpc) is 2.71. The van der Waals surface area contributed by atoms with E-state index in [4.69, 9.17) is 16.3 Å². The molecule has 2 rings (SSSR count). The highest BCUT2D eigenvalue weighted by molar-refractivity contribution is 6.30. The van der Waals surface area contributed by atoms with Crippen LogP contribution in [0.4, 0.5) is 4.79 Å². The number of nitrogens with zero attached hydrogens (tertiary/aromatic N) is 1. The second-order valence-corrected chi connectivity index (χ2v) is 6.95. The molecule has 0 spiro atoms. The highest BCUT2D eigenvalue weighted by Crippen LogP contribution is 2.39. The predicted octanol–water partition coefficient (Wildman–Crippen LogP) is 4.59. The van der Waals surface area contributed by atoms with Gasteiger partial charge in [-0.15, -0.1) is 0 Å². The van der Waals surface area contributed by atoms with E-state index in [1.807, 2.05) is 49.9 Å². The minimum absolute atomic E-state index is 0.243. The van der Waals surface area contributed by atoms with Crippen LogP contribution in [0.5, 0.6) is 0 Å². The van der Waals surface area contributed by atoms with Crippen LogP contribution in [0.25, 0.3) is 0 Å². The van der Waals surface area contributed by atoms with Crippen molar-refractivity contribution in [2.24, 2.45) is 0 Å². The molecule has 1 aliphatic rings. The van der Waals surface area contributed by atoms with Gasteiger partial charge in [-0.3, -0.25) is 4.90 Å². The van der Waals surface area contributed by atoms with Gasteiger partial charge in [0.15, 0.2) is 0 Å². The summed E-state index contributed by atoms with van der Waals surface area (Å²) < 4.78 is 5.52. The molecule has 0 saturated carbocycles. The molecule has 0 bridgehead atoms. The normalized spacial score (nSPS) is 22.9. The molecule has 20 heavy (non-hydrogen) atoms. The molecular weight excluding hydrogens is 274 g/mol. The summed E-state index contributed by atoms with van der Waals surface area (Å²) in [6.07, 6.45) is 1.68. The van der Waals surface area contributed by atoms with Crippen molar-refractivity contribution in [3.63, 3.8) is 0 Å². The number of carbonyl (C=O) groups is 1. The number of ether oxygens (including phenoxy) is 1. The molecule has 1 aromatic carbocycles. The quantitative estimate of drug-likeness (QED) is 0.758. The summed E-state index contributed by atoms with van der Waals surface area (Å²) in [6.45, 7) is 8.49. The van der Waals surface area contributed by atoms with E-state index in [-0.39, 0.29) is 11.6 Å². The fraction of sp³-hybridized carbons (Fsp3) is 0.562. The molecule has 1 fully saturated rings. The summed E-state index contributed by atoms with van der Waals surface area (Å²) in [4.78, 5) is 14.2. The Kier molecular flexibility index (Phi) is 4.01. The highest BCUT2D eigenvalue weighted by Gasteiger charge is 2.42. The largest absolute Gasteiger partial charge is 0.444 e. The van der Waals surface area contributed by atoms with Crippen molar-refractivity contribution in [3.8, 4) is 0 Å². The first kappa shape index (κ1) is 15.2. The molecule has 1 atom stereocenters. The Morgan fingerprint density at radius 1 is 1.30 bits per heavy atom. The Labute approximate surface area is 125 Å². The van der Waals surface area contributed by atoms with Crippen molar-refractivity contribution in [2.45, 2.75) is 51.7 Å². The zero-order valence-electron chi connectivity index (χ0n) is 12.6. The number of amides is 1. The van der Waals surface area contributed by atoms with E-state index >= 15 is 0 Å². The summed E-state index contributed by atoms with van der Waals surface area (Å²) in [7, 11) is 0. The molecule has 0 radical (unpaired) electrons. The van der Waals surface area contributed by atoms with Gasteiger partial charge in [-0.1, -0.05) is 23.7 Å². The number of rotatable bonds is 1. The Morgan fingerprint density at radius 2 is 1.90 bits per heavy atom. The highest BCUT2D eigenvalue weighted by atomic mass is 35.5. The van der Waals surface area contributed by atoms with Crippen LogP contribution in [0.15, 0.2) is 24.3 Å². The zero-order chi connectivity index (χ0) is 15.0. The summed E-state index contributed by atoms with van der Waals surface area (Å²) in [5.74, 6) is 0. The van der Waals surface area contributed by atoms with E-state index in [2.05, 4.69) is 6.92 Å². The molecule has 1 aromatic rings. The number of carbonyl (C=O) groups excluding carboxylic acids is 1. The fourth-order valence-electron chi connectivity index (χ4n) is 2.68. The van der Waals surface area contributed by atoms with Gasteiger partial charge in [0.25, 0.3) is 0 Å². The standard InChI is InChI=1S/C16H22ClNO2/c1-15(2,3)20-14(19)18-11-5-10-16(18,4)12-6-8-13(17)9-7-12/h6-9H,5,10-11H2,1-4H3. The van der Waals surface area contributed by atoms with Gasteiger partial charge in [-0.2, -0.15) is 0 Å². The lowest BCUT2D eigenvalue weighted by molar-refractivity contribution is 0.00994. The minimum atomic E-state index is -0.472. The topological polar surface area (TPSA) is 29.5 Å². The minimum Gasteiger partial charge on any atom is -0.444 e. The van der Waals surface area contributed by atoms with E-state index in [0.717, 1.165) is 24.9 Å². The summed E-state index contributed by atoms with van der Waals surface area (Å²) in [5.41, 5.74) is 0.318. The maximum atomic E-state index is 12.4. The van der Waals surface area contributed by atoms with Gasteiger partial charge in [0, 0.05) is 11.6 Å². The van der Waals surface area contributed by atoms with Gasteiger partial charge in [0.1, 0.15) is 5.60 Å². The number of benzene rings is 1. The van der Waals surface area contributed by atoms with E-state index in [0.29, 0.717) is 5.02 Å². The van der Waals surface area contributed by atoms with Gasteiger partial charge >= 0.3 is 6.09 Å². The lowest BCUT2D eigenvalue weighted by atomic mass is 9.89. The first-order chi connectivity index (χ1) is 9.22. The van der Waals surface area contributed by atoms with Crippen molar-refractivity contribution in [1.29, 1.82) is 0 Å². The smallest absolute Gasteiger partial charge is 0.411 e. The van der Waals surface area contributed by atoms with Crippen LogP contribution < -0.4 is 0 Å². The molecule has 4 heteroatoms. The Morgan fingerprint density at radius 3 is 2.45 bits per heavy atom. The molecule has 0 aliphatic carbocycles. The van der Waals surface area contributed by atoms with Crippen LogP contribution >= 0.6 is 11.6 Å². The van der Waals surface area contributed by atoms with Crippen LogP contribution in [0.2, 0.25) is 5.02 Å². The van der Waals surface area contributed by atoms with Gasteiger partial charge < -0.3 is 4.74 Å². The molecular formula is C16H22ClNO2. The number of likely N-dealkylation sites (tertiary alicyclic amines) is 1. The second-order valence-electron chi connectivity index (χ2n) is 6.52. The lowest BCUT2D eigenvalue weighted by Gasteiger charge is -2.36. The molecule has 1 aliphatic heterocycles. The van der Waals surface area contributed by atoms with Gasteiger partial charge in [-0.25, -0.2) is 4.79 Å². The Bertz CT molecular complexity index is 492. The molecule has 1 unspecified atom stereocenters. The van der Waals surface area contributed by atoms with Crippen LogP contribution in [0.1, 0.15) is 46.1 Å². The lowest BCUT2D eigenvalue weighted by Crippen LogP contribution is -2.45. The van der Waals surface area contributed by atoms with Crippen molar-refractivity contribution in [2.75, 3.05) is 6.54 Å². The molecule has 110 valence electrons. The van der Waals surface area contributed by atoms with Crippen molar-refractivity contribution >= 4 is 17.7 Å². The third kappa shape index (κ3) is 3.09. The van der Waals surface area contributed by atoms with Crippen LogP contribution in [-0.4, -0.2) is 23.1 Å². The van der Waals surface area contributed by atoms with Crippen LogP contribution in [-0.2, 0) is 10.3 Å². The summed E-state index contributed by atoms with van der Waals surface area (Å²) >= 11 is 5.94. The monoisotopic (exact) mass is 295 g/mol. The second kappa shape index (κ2) is 5.28. The third-order valence-electron chi connectivity index (χ3n) is 3.72. The number of hydrogen-bond acceptors (Lipinski definition) is 2. The maximum absolute atomic E-state index is 12.4. The zero-order valence-corrected chi connectivity index (χ0v) is 13.3. The molecule has 1 saturated heterocycles. The average molecular weight is 296 g/mol. The molecule has 1 amide bonds. The predicted molar refractivity (Wildman–Crippen MR) is 81.0 cm³/mol. The van der Waals surface area contributed by atoms with E-state index in [1.165, 1.54) is 0 Å². The first-order valence-corrected chi connectivity index (χ1v) is 7.37. The molecule has 1 heterocycles. The van der Waals surface area contributed by atoms with Crippen LogP contribution in [0.3, 0.4) is 0 Å². The van der Waals surface area contributed by atoms with Crippen molar-refractivity contribution in [1.82, 2.24) is 4.90 Å². The van der Waals surface area contributed by atoms with Gasteiger partial charge in [-0.05, 0) is 58.2 Å². The SMILES string of the molecule is CC(C)(C)OC(=O)N1CCCC1(C)c1ccc(Cl)cc1. The van der Waals surface area contributed by atoms with E-state index in [1.54, 1.807) is 0 Å².